The highest BCUT2D eigenvalue weighted by Crippen LogP contribution is 2.56. The minimum atomic E-state index is -0.127. The summed E-state index contributed by atoms with van der Waals surface area (Å²) in [5.41, 5.74) is 31.8. The molecule has 0 atom stereocenters. The highest BCUT2D eigenvalue weighted by Gasteiger charge is 2.46. The van der Waals surface area contributed by atoms with E-state index in [1.54, 1.807) is 5.57 Å². The molecule has 2 aliphatic heterocycles. The summed E-state index contributed by atoms with van der Waals surface area (Å²) >= 11 is 0. The van der Waals surface area contributed by atoms with Gasteiger partial charge < -0.3 is 9.80 Å². The molecule has 3 aliphatic carbocycles. The van der Waals surface area contributed by atoms with E-state index in [4.69, 9.17) is 0 Å². The van der Waals surface area contributed by atoms with E-state index in [1.165, 1.54) is 128 Å². The van der Waals surface area contributed by atoms with Crippen molar-refractivity contribution in [3.8, 4) is 22.3 Å². The first-order valence-corrected chi connectivity index (χ1v) is 27.7. The maximum absolute atomic E-state index is 2.63. The summed E-state index contributed by atoms with van der Waals surface area (Å²) < 4.78 is 0. The molecule has 0 saturated heterocycles. The number of nitrogens with zero attached hydrogens (tertiary/aromatic N) is 2. The molecule has 5 aliphatic rings. The Bertz CT molecular complexity index is 3760. The summed E-state index contributed by atoms with van der Waals surface area (Å²) in [6, 6.07) is 64.0. The van der Waals surface area contributed by atoms with Gasteiger partial charge in [-0.1, -0.05) is 217 Å². The van der Waals surface area contributed by atoms with Crippen molar-refractivity contribution in [3.05, 3.63) is 220 Å². The van der Waals surface area contributed by atoms with Crippen molar-refractivity contribution in [1.82, 2.24) is 0 Å². The van der Waals surface area contributed by atoms with Crippen LogP contribution in [0.25, 0.3) is 33.4 Å². The average molecular weight is 975 g/mol. The smallest absolute Gasteiger partial charge is 0.252 e. The third-order valence-electron chi connectivity index (χ3n) is 18.1. The molecule has 2 nitrogen and oxygen atoms in total. The zero-order chi connectivity index (χ0) is 52.3. The van der Waals surface area contributed by atoms with Crippen molar-refractivity contribution in [2.75, 3.05) is 9.80 Å². The molecule has 0 spiro atoms. The van der Waals surface area contributed by atoms with E-state index in [9.17, 15) is 0 Å². The Morgan fingerprint density at radius 3 is 1.59 bits per heavy atom. The van der Waals surface area contributed by atoms with Crippen LogP contribution in [0.1, 0.15) is 147 Å². The fourth-order valence-electron chi connectivity index (χ4n) is 13.8. The van der Waals surface area contributed by atoms with E-state index in [-0.39, 0.29) is 33.8 Å². The van der Waals surface area contributed by atoms with Gasteiger partial charge in [0.05, 0.1) is 0 Å². The summed E-state index contributed by atoms with van der Waals surface area (Å²) in [7, 11) is 0. The quantitative estimate of drug-likeness (QED) is 0.162. The highest BCUT2D eigenvalue weighted by atomic mass is 15.2. The van der Waals surface area contributed by atoms with Crippen molar-refractivity contribution < 1.29 is 0 Å². The van der Waals surface area contributed by atoms with Gasteiger partial charge in [0.2, 0.25) is 0 Å². The Balaban J connectivity index is 1.01. The van der Waals surface area contributed by atoms with Crippen LogP contribution in [0.4, 0.5) is 34.1 Å². The number of fused-ring (bicyclic) bond motifs is 9. The first-order valence-electron chi connectivity index (χ1n) is 27.7. The van der Waals surface area contributed by atoms with Crippen molar-refractivity contribution in [2.45, 2.75) is 130 Å². The molecule has 0 bridgehead atoms. The Kier molecular flexibility index (Phi) is 10.3. The van der Waals surface area contributed by atoms with E-state index in [1.807, 2.05) is 0 Å². The summed E-state index contributed by atoms with van der Waals surface area (Å²) in [4.78, 5) is 5.23. The first kappa shape index (κ1) is 47.6. The van der Waals surface area contributed by atoms with E-state index >= 15 is 0 Å². The highest BCUT2D eigenvalue weighted by molar-refractivity contribution is 7.00. The van der Waals surface area contributed by atoms with Gasteiger partial charge in [0.15, 0.2) is 0 Å². The van der Waals surface area contributed by atoms with Crippen LogP contribution in [-0.2, 0) is 27.1 Å². The Hall–Kier alpha value is -7.10. The molecule has 0 unspecified atom stereocenters. The van der Waals surface area contributed by atoms with E-state index < -0.39 is 0 Å². The molecule has 0 fully saturated rings. The largest absolute Gasteiger partial charge is 0.311 e. The molecule has 372 valence electrons. The molecule has 0 N–H and O–H groups in total. The summed E-state index contributed by atoms with van der Waals surface area (Å²) in [5, 5.41) is 0. The molecule has 0 aromatic heterocycles. The van der Waals surface area contributed by atoms with Gasteiger partial charge in [0.25, 0.3) is 6.71 Å². The molecule has 75 heavy (non-hydrogen) atoms. The fraction of sp³-hybridized carbons (Fsp3) is 0.278. The topological polar surface area (TPSA) is 6.48 Å². The molecule has 13 rings (SSSR count). The second-order valence-electron chi connectivity index (χ2n) is 26.5. The number of benzene rings is 8. The van der Waals surface area contributed by atoms with Crippen LogP contribution in [0.2, 0.25) is 0 Å². The van der Waals surface area contributed by atoms with Crippen molar-refractivity contribution >= 4 is 68.4 Å². The second-order valence-corrected chi connectivity index (χ2v) is 26.5. The lowest BCUT2D eigenvalue weighted by molar-refractivity contribution is 0.589. The van der Waals surface area contributed by atoms with Gasteiger partial charge in [0.1, 0.15) is 0 Å². The molecule has 8 aromatic carbocycles. The van der Waals surface area contributed by atoms with Gasteiger partial charge in [-0.2, -0.15) is 0 Å². The summed E-state index contributed by atoms with van der Waals surface area (Å²) in [6.45, 7) is 30.9. The average Bonchev–Trinajstić information content (AvgIpc) is 3.77. The summed E-state index contributed by atoms with van der Waals surface area (Å²) in [5.74, 6) is 0. The number of rotatable bonds is 4. The Morgan fingerprint density at radius 1 is 0.427 bits per heavy atom. The third kappa shape index (κ3) is 7.12. The Morgan fingerprint density at radius 2 is 0.947 bits per heavy atom. The monoisotopic (exact) mass is 975 g/mol. The number of hydrogen-bond acceptors (Lipinski definition) is 2. The lowest BCUT2D eigenvalue weighted by Crippen LogP contribution is -2.61. The van der Waals surface area contributed by atoms with Gasteiger partial charge >= 0.3 is 0 Å². The van der Waals surface area contributed by atoms with Crippen LogP contribution < -0.4 is 26.2 Å². The lowest BCUT2D eigenvalue weighted by Gasteiger charge is -2.45. The molecule has 0 saturated carbocycles. The van der Waals surface area contributed by atoms with Gasteiger partial charge in [-0.15, -0.1) is 0 Å². The SMILES string of the molecule is CC(C)(C)c1ccc2c(c1)B1c3ccc(C(C)(C)C)cc3N(c3ccc(C4=CCCC5=C4c4ccccc4C5(C)C)cc3)c3cc(C(C)(C)C)cc(c31)N2c1ccc(-c2cccc3c2-c2ccccc2C3(C)C)cc1. The maximum Gasteiger partial charge on any atom is 0.252 e. The zero-order valence-corrected chi connectivity index (χ0v) is 46.6. The normalized spacial score (nSPS) is 16.7. The van der Waals surface area contributed by atoms with E-state index in [0.29, 0.717) is 0 Å². The van der Waals surface area contributed by atoms with E-state index in [0.717, 1.165) is 12.8 Å². The van der Waals surface area contributed by atoms with Crippen molar-refractivity contribution in [3.63, 3.8) is 0 Å². The lowest BCUT2D eigenvalue weighted by atomic mass is 9.33. The zero-order valence-electron chi connectivity index (χ0n) is 46.6. The van der Waals surface area contributed by atoms with Crippen molar-refractivity contribution in [2.24, 2.45) is 0 Å². The Labute approximate surface area is 448 Å². The molecule has 0 radical (unpaired) electrons. The molecular formula is C72H71BN2. The fourth-order valence-corrected chi connectivity index (χ4v) is 13.8. The summed E-state index contributed by atoms with van der Waals surface area (Å²) in [6.07, 6.45) is 4.68. The molecule has 2 heterocycles. The number of allylic oxidation sites excluding steroid dienone is 4. The molecule has 8 aromatic rings. The maximum atomic E-state index is 2.63. The number of anilines is 6. The van der Waals surface area contributed by atoms with Crippen LogP contribution in [0.5, 0.6) is 0 Å². The van der Waals surface area contributed by atoms with Gasteiger partial charge in [-0.05, 0) is 172 Å². The predicted molar refractivity (Wildman–Crippen MR) is 323 cm³/mol. The van der Waals surface area contributed by atoms with Crippen molar-refractivity contribution in [1.29, 1.82) is 0 Å². The van der Waals surface area contributed by atoms with Crippen LogP contribution in [0, 0.1) is 0 Å². The number of hydrogen-bond donors (Lipinski definition) is 0. The third-order valence-corrected chi connectivity index (χ3v) is 18.1. The van der Waals surface area contributed by atoms with E-state index in [2.05, 4.69) is 270 Å². The van der Waals surface area contributed by atoms with Gasteiger partial charge in [-0.3, -0.25) is 0 Å². The second kappa shape index (κ2) is 16.2. The van der Waals surface area contributed by atoms with Gasteiger partial charge in [-0.25, -0.2) is 0 Å². The minimum absolute atomic E-state index is 0.0234. The minimum Gasteiger partial charge on any atom is -0.311 e. The molecular weight excluding hydrogens is 904 g/mol. The molecule has 3 heteroatoms. The van der Waals surface area contributed by atoms with Crippen LogP contribution in [0.15, 0.2) is 175 Å². The van der Waals surface area contributed by atoms with Crippen LogP contribution >= 0.6 is 0 Å². The van der Waals surface area contributed by atoms with Crippen LogP contribution in [-0.4, -0.2) is 6.71 Å². The molecule has 0 amide bonds. The first-order chi connectivity index (χ1) is 35.6. The standard InChI is InChI=1S/C72H71BN2/c1-68(2,3)46-33-39-61-60(40-46)73-59-38-32-47(69(4,5)6)41-62(59)75(50-36-30-45(31-37-50)52-23-19-27-58-66(52)54-21-15-17-25-56(54)72(58,12)13)64-43-48(70(7,8)9)42-63(67(64)73)74(61)49-34-28-44(29-35-49)51-22-18-26-57-65(51)53-20-14-16-24-55(53)71(57,10)11/h14-18,20-26,28-43H,19,27H2,1-13H3. The predicted octanol–water partition coefficient (Wildman–Crippen LogP) is 17.6. The van der Waals surface area contributed by atoms with Gasteiger partial charge in [0, 0.05) is 45.0 Å². The van der Waals surface area contributed by atoms with Crippen LogP contribution in [0.3, 0.4) is 0 Å².